The lowest BCUT2D eigenvalue weighted by atomic mass is 9.90. The number of aryl methyl sites for hydroxylation is 2. The summed E-state index contributed by atoms with van der Waals surface area (Å²) in [6, 6.07) is 2.13. The second kappa shape index (κ2) is 11.9. The first-order valence-corrected chi connectivity index (χ1v) is 11.7. The first kappa shape index (κ1) is 23.3. The molecule has 1 aromatic rings. The van der Waals surface area contributed by atoms with E-state index in [2.05, 4.69) is 47.1 Å². The minimum atomic E-state index is -0.455. The SMILES string of the molecule is Cc1sc(CC[C@H](O)/C=C/[C@H]2CCC(O)[C@@H]2C/C=C\CCCC(N)=O)cc1Br. The number of halogens is 1. The van der Waals surface area contributed by atoms with Gasteiger partial charge in [0.2, 0.25) is 5.91 Å². The van der Waals surface area contributed by atoms with E-state index in [0.717, 1.165) is 43.0 Å². The number of amides is 1. The van der Waals surface area contributed by atoms with Crippen LogP contribution in [0.25, 0.3) is 0 Å². The minimum absolute atomic E-state index is 0.201. The van der Waals surface area contributed by atoms with Crippen LogP contribution in [0.5, 0.6) is 0 Å². The molecule has 0 aromatic carbocycles. The summed E-state index contributed by atoms with van der Waals surface area (Å²) in [5.41, 5.74) is 5.14. The standard InChI is InChI=1S/C22H32BrNO3S/c1-15-20(23)14-18(28-15)12-11-17(25)10-8-16-9-13-21(26)19(16)6-4-2-3-5-7-22(24)27/h2,4,8,10,14,16-17,19,21,25-26H,3,5-7,9,11-13H2,1H3,(H2,24,27)/b4-2-,10-8+/t16-,17+,19+,21?/m0/s1. The molecule has 0 bridgehead atoms. The Labute approximate surface area is 180 Å². The molecule has 4 nitrogen and oxygen atoms in total. The molecule has 1 fully saturated rings. The van der Waals surface area contributed by atoms with Crippen molar-refractivity contribution in [3.8, 4) is 0 Å². The van der Waals surface area contributed by atoms with Crippen LogP contribution in [0.3, 0.4) is 0 Å². The second-order valence-electron chi connectivity index (χ2n) is 7.65. The Balaban J connectivity index is 1.76. The lowest BCUT2D eigenvalue weighted by molar-refractivity contribution is -0.118. The summed E-state index contributed by atoms with van der Waals surface area (Å²) < 4.78 is 1.14. The van der Waals surface area contributed by atoms with Gasteiger partial charge in [-0.15, -0.1) is 11.3 Å². The Bertz CT molecular complexity index is 666. The van der Waals surface area contributed by atoms with E-state index in [4.69, 9.17) is 5.73 Å². The van der Waals surface area contributed by atoms with Crippen LogP contribution < -0.4 is 5.73 Å². The third-order valence-electron chi connectivity index (χ3n) is 5.38. The molecular formula is C22H32BrNO3S. The molecule has 1 unspecified atom stereocenters. The number of unbranched alkanes of at least 4 members (excludes halogenated alkanes) is 1. The molecule has 1 aromatic heterocycles. The van der Waals surface area contributed by atoms with Crippen LogP contribution in [0.15, 0.2) is 34.8 Å². The van der Waals surface area contributed by atoms with Crippen LogP contribution in [-0.2, 0) is 11.2 Å². The number of aliphatic hydroxyl groups excluding tert-OH is 2. The Morgan fingerprint density at radius 1 is 1.43 bits per heavy atom. The predicted molar refractivity (Wildman–Crippen MR) is 119 cm³/mol. The molecule has 28 heavy (non-hydrogen) atoms. The van der Waals surface area contributed by atoms with E-state index in [-0.39, 0.29) is 17.9 Å². The van der Waals surface area contributed by atoms with Crippen LogP contribution in [0.4, 0.5) is 0 Å². The van der Waals surface area contributed by atoms with Crippen LogP contribution in [0, 0.1) is 18.8 Å². The Kier molecular flexibility index (Phi) is 9.92. The first-order valence-electron chi connectivity index (χ1n) is 10.1. The lowest BCUT2D eigenvalue weighted by Crippen LogP contribution is -2.17. The van der Waals surface area contributed by atoms with Crippen LogP contribution in [0.2, 0.25) is 0 Å². The number of hydrogen-bond acceptors (Lipinski definition) is 4. The summed E-state index contributed by atoms with van der Waals surface area (Å²) in [6.07, 6.45) is 13.7. The van der Waals surface area contributed by atoms with E-state index >= 15 is 0 Å². The Morgan fingerprint density at radius 3 is 2.89 bits per heavy atom. The number of rotatable bonds is 11. The van der Waals surface area contributed by atoms with Crippen molar-refractivity contribution in [1.82, 2.24) is 0 Å². The van der Waals surface area contributed by atoms with E-state index in [1.807, 2.05) is 6.08 Å². The van der Waals surface area contributed by atoms with Gasteiger partial charge >= 0.3 is 0 Å². The van der Waals surface area contributed by atoms with Gasteiger partial charge in [0.1, 0.15) is 0 Å². The van der Waals surface area contributed by atoms with Crippen molar-refractivity contribution in [1.29, 1.82) is 0 Å². The number of hydrogen-bond donors (Lipinski definition) is 3. The summed E-state index contributed by atoms with van der Waals surface area (Å²) in [5, 5.41) is 20.6. The predicted octanol–water partition coefficient (Wildman–Crippen LogP) is 4.66. The van der Waals surface area contributed by atoms with Gasteiger partial charge in [0.25, 0.3) is 0 Å². The molecule has 1 saturated carbocycles. The molecule has 4 N–H and O–H groups in total. The zero-order valence-corrected chi connectivity index (χ0v) is 18.9. The van der Waals surface area contributed by atoms with Gasteiger partial charge in [-0.25, -0.2) is 0 Å². The maximum absolute atomic E-state index is 10.7. The highest BCUT2D eigenvalue weighted by Gasteiger charge is 2.32. The van der Waals surface area contributed by atoms with Gasteiger partial charge < -0.3 is 15.9 Å². The van der Waals surface area contributed by atoms with Crippen molar-refractivity contribution in [2.24, 2.45) is 17.6 Å². The highest BCUT2D eigenvalue weighted by molar-refractivity contribution is 9.10. The number of primary amides is 1. The third kappa shape index (κ3) is 7.82. The fourth-order valence-corrected chi connectivity index (χ4v) is 5.33. The fraction of sp³-hybridized carbons (Fsp3) is 0.591. The molecule has 6 heteroatoms. The van der Waals surface area contributed by atoms with Gasteiger partial charge in [-0.3, -0.25) is 4.79 Å². The van der Waals surface area contributed by atoms with E-state index in [0.29, 0.717) is 18.8 Å². The molecule has 2 rings (SSSR count). The summed E-state index contributed by atoms with van der Waals surface area (Å²) in [5.74, 6) is 0.245. The Hall–Kier alpha value is -0.950. The summed E-state index contributed by atoms with van der Waals surface area (Å²) in [6.45, 7) is 2.09. The maximum Gasteiger partial charge on any atom is 0.217 e. The van der Waals surface area contributed by atoms with Gasteiger partial charge in [0, 0.05) is 20.6 Å². The molecule has 0 saturated heterocycles. The number of carbonyl (C=O) groups is 1. The lowest BCUT2D eigenvalue weighted by Gasteiger charge is -2.18. The fourth-order valence-electron chi connectivity index (χ4n) is 3.71. The van der Waals surface area contributed by atoms with Gasteiger partial charge in [-0.2, -0.15) is 0 Å². The van der Waals surface area contributed by atoms with E-state index in [9.17, 15) is 15.0 Å². The molecular weight excluding hydrogens is 438 g/mol. The van der Waals surface area contributed by atoms with Crippen molar-refractivity contribution in [2.45, 2.75) is 70.5 Å². The molecule has 1 aliphatic carbocycles. The quantitative estimate of drug-likeness (QED) is 0.325. The molecule has 0 radical (unpaired) electrons. The third-order valence-corrected chi connectivity index (χ3v) is 7.58. The number of thiophene rings is 1. The van der Waals surface area contributed by atoms with Gasteiger partial charge in [-0.05, 0) is 85.7 Å². The summed E-state index contributed by atoms with van der Waals surface area (Å²) in [7, 11) is 0. The smallest absolute Gasteiger partial charge is 0.217 e. The number of allylic oxidation sites excluding steroid dienone is 3. The first-order chi connectivity index (χ1) is 13.4. The molecule has 1 heterocycles. The highest BCUT2D eigenvalue weighted by atomic mass is 79.9. The van der Waals surface area contributed by atoms with Crippen molar-refractivity contribution >= 4 is 33.2 Å². The number of carbonyl (C=O) groups excluding carboxylic acids is 1. The van der Waals surface area contributed by atoms with E-state index in [1.165, 1.54) is 9.75 Å². The van der Waals surface area contributed by atoms with Crippen molar-refractivity contribution in [3.63, 3.8) is 0 Å². The molecule has 1 aliphatic rings. The normalized spacial score (nSPS) is 23.8. The van der Waals surface area contributed by atoms with Crippen molar-refractivity contribution in [2.75, 3.05) is 0 Å². The van der Waals surface area contributed by atoms with Gasteiger partial charge in [0.15, 0.2) is 0 Å². The minimum Gasteiger partial charge on any atom is -0.393 e. The van der Waals surface area contributed by atoms with E-state index in [1.54, 1.807) is 11.3 Å². The number of nitrogens with two attached hydrogens (primary N) is 1. The highest BCUT2D eigenvalue weighted by Crippen LogP contribution is 2.36. The van der Waals surface area contributed by atoms with Crippen LogP contribution in [-0.4, -0.2) is 28.3 Å². The topological polar surface area (TPSA) is 83.6 Å². The Morgan fingerprint density at radius 2 is 2.21 bits per heavy atom. The average molecular weight is 470 g/mol. The molecule has 156 valence electrons. The van der Waals surface area contributed by atoms with Gasteiger partial charge in [0.05, 0.1) is 12.2 Å². The van der Waals surface area contributed by atoms with Crippen molar-refractivity contribution < 1.29 is 15.0 Å². The largest absolute Gasteiger partial charge is 0.393 e. The molecule has 0 spiro atoms. The second-order valence-corrected chi connectivity index (χ2v) is 9.84. The monoisotopic (exact) mass is 469 g/mol. The van der Waals surface area contributed by atoms with E-state index < -0.39 is 6.10 Å². The number of aliphatic hydroxyl groups is 2. The summed E-state index contributed by atoms with van der Waals surface area (Å²) in [4.78, 5) is 13.3. The van der Waals surface area contributed by atoms with Gasteiger partial charge in [-0.1, -0.05) is 24.3 Å². The average Bonchev–Trinajstić information content (AvgIpc) is 3.16. The molecule has 4 atom stereocenters. The summed E-state index contributed by atoms with van der Waals surface area (Å²) >= 11 is 5.30. The zero-order valence-electron chi connectivity index (χ0n) is 16.5. The maximum atomic E-state index is 10.7. The molecule has 1 amide bonds. The van der Waals surface area contributed by atoms with Crippen LogP contribution in [0.1, 0.15) is 54.7 Å². The van der Waals surface area contributed by atoms with Crippen molar-refractivity contribution in [3.05, 3.63) is 44.6 Å². The van der Waals surface area contributed by atoms with Crippen LogP contribution >= 0.6 is 27.3 Å². The zero-order chi connectivity index (χ0) is 20.5. The molecule has 0 aliphatic heterocycles.